The SMILES string of the molecule is CC(C)=CCc1c(OCc2ccccc2)cc(C=Cc2ccc(F)cc2)c(C(=O)O)c1O. The summed E-state index contributed by atoms with van der Waals surface area (Å²) < 4.78 is 19.2. The summed E-state index contributed by atoms with van der Waals surface area (Å²) in [5, 5.41) is 20.7. The second-order valence-electron chi connectivity index (χ2n) is 7.62. The summed E-state index contributed by atoms with van der Waals surface area (Å²) in [4.78, 5) is 12.0. The molecule has 164 valence electrons. The van der Waals surface area contributed by atoms with Crippen molar-refractivity contribution in [1.82, 2.24) is 0 Å². The van der Waals surface area contributed by atoms with Gasteiger partial charge < -0.3 is 14.9 Å². The predicted molar refractivity (Wildman–Crippen MR) is 124 cm³/mol. The van der Waals surface area contributed by atoms with E-state index in [0.717, 1.165) is 11.1 Å². The lowest BCUT2D eigenvalue weighted by atomic mass is 9.97. The highest BCUT2D eigenvalue weighted by molar-refractivity contribution is 5.97. The summed E-state index contributed by atoms with van der Waals surface area (Å²) in [6.07, 6.45) is 5.48. The first-order chi connectivity index (χ1) is 15.3. The fraction of sp³-hybridized carbons (Fsp3) is 0.148. The minimum atomic E-state index is -1.24. The van der Waals surface area contributed by atoms with E-state index >= 15 is 0 Å². The Kier molecular flexibility index (Phi) is 7.45. The second-order valence-corrected chi connectivity index (χ2v) is 7.62. The molecule has 0 amide bonds. The Bertz CT molecular complexity index is 1140. The molecule has 0 heterocycles. The molecule has 0 bridgehead atoms. The number of carboxylic acid groups (broad SMARTS) is 1. The Morgan fingerprint density at radius 3 is 2.34 bits per heavy atom. The van der Waals surface area contributed by atoms with Crippen LogP contribution in [-0.2, 0) is 13.0 Å². The molecule has 0 atom stereocenters. The standard InChI is InChI=1S/C27H25FO4/c1-18(2)8-15-23-24(32-17-20-6-4-3-5-7-20)16-21(25(26(23)29)27(30)31)12-9-19-10-13-22(28)14-11-19/h3-14,16,29H,15,17H2,1-2H3,(H,30,31). The Hall–Kier alpha value is -3.86. The third-order valence-corrected chi connectivity index (χ3v) is 4.89. The normalized spacial score (nSPS) is 10.8. The third kappa shape index (κ3) is 5.85. The van der Waals surface area contributed by atoms with E-state index in [1.807, 2.05) is 50.3 Å². The molecule has 3 rings (SSSR count). The monoisotopic (exact) mass is 432 g/mol. The average molecular weight is 432 g/mol. The van der Waals surface area contributed by atoms with Crippen LogP contribution in [0.1, 0.15) is 46.5 Å². The van der Waals surface area contributed by atoms with Gasteiger partial charge in [-0.25, -0.2) is 9.18 Å². The molecule has 0 aliphatic rings. The van der Waals surface area contributed by atoms with Crippen molar-refractivity contribution < 1.29 is 24.1 Å². The van der Waals surface area contributed by atoms with E-state index in [0.29, 0.717) is 28.9 Å². The van der Waals surface area contributed by atoms with Gasteiger partial charge in [-0.15, -0.1) is 0 Å². The van der Waals surface area contributed by atoms with Gasteiger partial charge in [-0.3, -0.25) is 0 Å². The number of halogens is 1. The number of aromatic carboxylic acids is 1. The van der Waals surface area contributed by atoms with Gasteiger partial charge in [0.2, 0.25) is 0 Å². The van der Waals surface area contributed by atoms with Crippen LogP contribution in [0, 0.1) is 5.82 Å². The number of carbonyl (C=O) groups is 1. The van der Waals surface area contributed by atoms with Crippen LogP contribution < -0.4 is 4.74 Å². The van der Waals surface area contributed by atoms with Gasteiger partial charge >= 0.3 is 5.97 Å². The zero-order valence-electron chi connectivity index (χ0n) is 18.0. The number of allylic oxidation sites excluding steroid dienone is 2. The molecule has 0 aliphatic carbocycles. The van der Waals surface area contributed by atoms with Crippen LogP contribution in [0.3, 0.4) is 0 Å². The molecule has 0 spiro atoms. The van der Waals surface area contributed by atoms with Gasteiger partial charge in [0, 0.05) is 5.56 Å². The van der Waals surface area contributed by atoms with Gasteiger partial charge in [-0.1, -0.05) is 66.3 Å². The fourth-order valence-electron chi connectivity index (χ4n) is 3.19. The quantitative estimate of drug-likeness (QED) is 0.315. The van der Waals surface area contributed by atoms with Crippen molar-refractivity contribution in [2.75, 3.05) is 0 Å². The lowest BCUT2D eigenvalue weighted by Crippen LogP contribution is -2.06. The van der Waals surface area contributed by atoms with Crippen LogP contribution in [0.25, 0.3) is 12.2 Å². The van der Waals surface area contributed by atoms with Crippen molar-refractivity contribution in [2.45, 2.75) is 26.9 Å². The second kappa shape index (κ2) is 10.4. The minimum Gasteiger partial charge on any atom is -0.507 e. The van der Waals surface area contributed by atoms with Crippen molar-refractivity contribution in [3.05, 3.63) is 106 Å². The molecule has 0 aliphatic heterocycles. The molecule has 0 saturated carbocycles. The Balaban J connectivity index is 2.06. The largest absolute Gasteiger partial charge is 0.507 e. The highest BCUT2D eigenvalue weighted by atomic mass is 19.1. The van der Waals surface area contributed by atoms with E-state index in [2.05, 4.69) is 0 Å². The Morgan fingerprint density at radius 1 is 1.03 bits per heavy atom. The Morgan fingerprint density at radius 2 is 1.72 bits per heavy atom. The molecule has 5 heteroatoms. The van der Waals surface area contributed by atoms with Crippen LogP contribution >= 0.6 is 0 Å². The van der Waals surface area contributed by atoms with E-state index in [1.54, 1.807) is 30.4 Å². The maximum atomic E-state index is 13.2. The van der Waals surface area contributed by atoms with Crippen LogP contribution in [0.15, 0.2) is 72.3 Å². The number of carboxylic acids is 1. The van der Waals surface area contributed by atoms with E-state index < -0.39 is 5.97 Å². The van der Waals surface area contributed by atoms with Crippen LogP contribution in [0.4, 0.5) is 4.39 Å². The highest BCUT2D eigenvalue weighted by Gasteiger charge is 2.22. The molecule has 0 radical (unpaired) electrons. The van der Waals surface area contributed by atoms with Crippen molar-refractivity contribution in [1.29, 1.82) is 0 Å². The van der Waals surface area contributed by atoms with Crippen molar-refractivity contribution >= 4 is 18.1 Å². The van der Waals surface area contributed by atoms with Gasteiger partial charge in [-0.2, -0.15) is 0 Å². The van der Waals surface area contributed by atoms with Gasteiger partial charge in [0.05, 0.1) is 0 Å². The van der Waals surface area contributed by atoms with Gasteiger partial charge in [0.15, 0.2) is 0 Å². The number of benzene rings is 3. The van der Waals surface area contributed by atoms with Gasteiger partial charge in [0.25, 0.3) is 0 Å². The summed E-state index contributed by atoms with van der Waals surface area (Å²) in [6, 6.07) is 17.0. The number of hydrogen-bond donors (Lipinski definition) is 2. The van der Waals surface area contributed by atoms with Crippen molar-refractivity contribution in [3.8, 4) is 11.5 Å². The number of rotatable bonds is 8. The van der Waals surface area contributed by atoms with E-state index in [4.69, 9.17) is 4.74 Å². The molecule has 32 heavy (non-hydrogen) atoms. The molecule has 0 unspecified atom stereocenters. The topological polar surface area (TPSA) is 66.8 Å². The lowest BCUT2D eigenvalue weighted by Gasteiger charge is -2.16. The lowest BCUT2D eigenvalue weighted by molar-refractivity contribution is 0.0693. The number of aromatic hydroxyl groups is 1. The van der Waals surface area contributed by atoms with E-state index in [9.17, 15) is 19.4 Å². The smallest absolute Gasteiger partial charge is 0.340 e. The summed E-state index contributed by atoms with van der Waals surface area (Å²) in [6.45, 7) is 4.13. The summed E-state index contributed by atoms with van der Waals surface area (Å²) in [7, 11) is 0. The molecule has 0 fully saturated rings. The molecular weight excluding hydrogens is 407 g/mol. The van der Waals surface area contributed by atoms with E-state index in [1.165, 1.54) is 12.1 Å². The average Bonchev–Trinajstić information content (AvgIpc) is 2.76. The van der Waals surface area contributed by atoms with E-state index in [-0.39, 0.29) is 23.7 Å². The highest BCUT2D eigenvalue weighted by Crippen LogP contribution is 2.37. The zero-order chi connectivity index (χ0) is 23.1. The Labute approximate surface area is 186 Å². The summed E-state index contributed by atoms with van der Waals surface area (Å²) >= 11 is 0. The van der Waals surface area contributed by atoms with Crippen LogP contribution in [0.2, 0.25) is 0 Å². The molecule has 3 aromatic carbocycles. The molecule has 2 N–H and O–H groups in total. The summed E-state index contributed by atoms with van der Waals surface area (Å²) in [5.74, 6) is -1.51. The number of hydrogen-bond acceptors (Lipinski definition) is 3. The van der Waals surface area contributed by atoms with Crippen molar-refractivity contribution in [2.24, 2.45) is 0 Å². The first kappa shape index (κ1) is 22.8. The first-order valence-electron chi connectivity index (χ1n) is 10.2. The minimum absolute atomic E-state index is 0.201. The zero-order valence-corrected chi connectivity index (χ0v) is 18.0. The van der Waals surface area contributed by atoms with Crippen LogP contribution in [0.5, 0.6) is 11.5 Å². The summed E-state index contributed by atoms with van der Waals surface area (Å²) in [5.41, 5.74) is 3.19. The van der Waals surface area contributed by atoms with Gasteiger partial charge in [-0.05, 0) is 55.2 Å². The molecule has 3 aromatic rings. The third-order valence-electron chi connectivity index (χ3n) is 4.89. The van der Waals surface area contributed by atoms with Gasteiger partial charge in [0.1, 0.15) is 29.5 Å². The molecule has 0 saturated heterocycles. The first-order valence-corrected chi connectivity index (χ1v) is 10.2. The molecule has 0 aromatic heterocycles. The molecule has 4 nitrogen and oxygen atoms in total. The maximum Gasteiger partial charge on any atom is 0.340 e. The number of phenols is 1. The van der Waals surface area contributed by atoms with Crippen LogP contribution in [-0.4, -0.2) is 16.2 Å². The maximum absolute atomic E-state index is 13.2. The van der Waals surface area contributed by atoms with Crippen molar-refractivity contribution in [3.63, 3.8) is 0 Å². The number of ether oxygens (including phenoxy) is 1. The fourth-order valence-corrected chi connectivity index (χ4v) is 3.19. The molecular formula is C27H25FO4. The predicted octanol–water partition coefficient (Wildman–Crippen LogP) is 6.49.